The van der Waals surface area contributed by atoms with Crippen LogP contribution in [0, 0.1) is 11.3 Å². The Kier molecular flexibility index (Phi) is 2.64. The smallest absolute Gasteiger partial charge is 0.212 e. The standard InChI is InChI=1S/C7H9N3O/c1-11-5-4-10-3-2-9-7(10)6-8/h2-3H,4-5H2,1H3. The van der Waals surface area contributed by atoms with Crippen molar-refractivity contribution in [3.05, 3.63) is 18.2 Å². The predicted molar refractivity (Wildman–Crippen MR) is 38.8 cm³/mol. The van der Waals surface area contributed by atoms with Crippen molar-refractivity contribution in [3.8, 4) is 6.07 Å². The first-order valence-electron chi connectivity index (χ1n) is 3.28. The van der Waals surface area contributed by atoms with E-state index in [4.69, 9.17) is 10.00 Å². The second-order valence-corrected chi connectivity index (χ2v) is 2.05. The van der Waals surface area contributed by atoms with Crippen LogP contribution in [0.1, 0.15) is 5.82 Å². The highest BCUT2D eigenvalue weighted by molar-refractivity contribution is 5.10. The van der Waals surface area contributed by atoms with Gasteiger partial charge < -0.3 is 9.30 Å². The van der Waals surface area contributed by atoms with E-state index in [2.05, 4.69) is 4.98 Å². The predicted octanol–water partition coefficient (Wildman–Crippen LogP) is 0.401. The fourth-order valence-corrected chi connectivity index (χ4v) is 0.792. The molecule has 0 aliphatic rings. The highest BCUT2D eigenvalue weighted by Gasteiger charge is 1.98. The average molecular weight is 151 g/mol. The van der Waals surface area contributed by atoms with Crippen molar-refractivity contribution in [3.63, 3.8) is 0 Å². The van der Waals surface area contributed by atoms with Crippen LogP contribution in [0.2, 0.25) is 0 Å². The lowest BCUT2D eigenvalue weighted by molar-refractivity contribution is 0.187. The van der Waals surface area contributed by atoms with Crippen LogP contribution in [0.5, 0.6) is 0 Å². The molecule has 0 atom stereocenters. The van der Waals surface area contributed by atoms with Crippen molar-refractivity contribution in [1.82, 2.24) is 9.55 Å². The van der Waals surface area contributed by atoms with Gasteiger partial charge in [0.25, 0.3) is 0 Å². The Balaban J connectivity index is 2.63. The number of rotatable bonds is 3. The van der Waals surface area contributed by atoms with E-state index in [1.165, 1.54) is 0 Å². The first-order chi connectivity index (χ1) is 5.38. The van der Waals surface area contributed by atoms with Gasteiger partial charge in [0.1, 0.15) is 6.07 Å². The van der Waals surface area contributed by atoms with E-state index in [0.29, 0.717) is 19.0 Å². The monoisotopic (exact) mass is 151 g/mol. The molecule has 0 aliphatic carbocycles. The van der Waals surface area contributed by atoms with E-state index in [0.717, 1.165) is 0 Å². The number of nitriles is 1. The normalized spacial score (nSPS) is 9.45. The van der Waals surface area contributed by atoms with Gasteiger partial charge in [-0.1, -0.05) is 0 Å². The molecule has 1 aromatic heterocycles. The first kappa shape index (κ1) is 7.76. The van der Waals surface area contributed by atoms with Crippen molar-refractivity contribution in [2.75, 3.05) is 13.7 Å². The fraction of sp³-hybridized carbons (Fsp3) is 0.429. The van der Waals surface area contributed by atoms with Crippen molar-refractivity contribution in [2.24, 2.45) is 0 Å². The second kappa shape index (κ2) is 3.74. The topological polar surface area (TPSA) is 50.8 Å². The lowest BCUT2D eigenvalue weighted by Crippen LogP contribution is -2.05. The van der Waals surface area contributed by atoms with E-state index in [9.17, 15) is 0 Å². The van der Waals surface area contributed by atoms with Crippen LogP contribution in [0.15, 0.2) is 12.4 Å². The molecule has 1 rings (SSSR count). The van der Waals surface area contributed by atoms with Gasteiger partial charge in [-0.15, -0.1) is 0 Å². The molecular formula is C7H9N3O. The van der Waals surface area contributed by atoms with Gasteiger partial charge in [-0.2, -0.15) is 5.26 Å². The minimum absolute atomic E-state index is 0.432. The number of ether oxygens (including phenoxy) is 1. The maximum atomic E-state index is 8.53. The second-order valence-electron chi connectivity index (χ2n) is 2.05. The first-order valence-corrected chi connectivity index (χ1v) is 3.28. The summed E-state index contributed by atoms with van der Waals surface area (Å²) in [6, 6.07) is 1.98. The Hall–Kier alpha value is -1.34. The summed E-state index contributed by atoms with van der Waals surface area (Å²) in [7, 11) is 1.63. The van der Waals surface area contributed by atoms with E-state index < -0.39 is 0 Å². The van der Waals surface area contributed by atoms with Gasteiger partial charge in [-0.05, 0) is 0 Å². The summed E-state index contributed by atoms with van der Waals surface area (Å²) >= 11 is 0. The van der Waals surface area contributed by atoms with E-state index in [-0.39, 0.29) is 0 Å². The van der Waals surface area contributed by atoms with E-state index in [1.54, 1.807) is 24.1 Å². The van der Waals surface area contributed by atoms with Gasteiger partial charge in [0, 0.05) is 26.0 Å². The maximum absolute atomic E-state index is 8.53. The summed E-state index contributed by atoms with van der Waals surface area (Å²) in [4.78, 5) is 3.83. The van der Waals surface area contributed by atoms with Gasteiger partial charge in [0.05, 0.1) is 6.61 Å². The molecule has 0 unspecified atom stereocenters. The van der Waals surface area contributed by atoms with Gasteiger partial charge >= 0.3 is 0 Å². The third kappa shape index (κ3) is 1.79. The molecule has 0 saturated carbocycles. The minimum atomic E-state index is 0.432. The Morgan fingerprint density at radius 2 is 2.64 bits per heavy atom. The van der Waals surface area contributed by atoms with Gasteiger partial charge in [0.2, 0.25) is 5.82 Å². The number of imidazole rings is 1. The van der Waals surface area contributed by atoms with E-state index in [1.807, 2.05) is 6.07 Å². The number of methoxy groups -OCH3 is 1. The molecule has 1 heterocycles. The molecule has 11 heavy (non-hydrogen) atoms. The van der Waals surface area contributed by atoms with Gasteiger partial charge in [0.15, 0.2) is 0 Å². The van der Waals surface area contributed by atoms with Crippen molar-refractivity contribution < 1.29 is 4.74 Å². The Morgan fingerprint density at radius 1 is 1.82 bits per heavy atom. The quantitative estimate of drug-likeness (QED) is 0.628. The summed E-state index contributed by atoms with van der Waals surface area (Å²) in [6.45, 7) is 1.28. The number of hydrogen-bond donors (Lipinski definition) is 0. The number of nitrogens with zero attached hydrogens (tertiary/aromatic N) is 3. The molecule has 0 spiro atoms. The van der Waals surface area contributed by atoms with Crippen molar-refractivity contribution in [2.45, 2.75) is 6.54 Å². The Labute approximate surface area is 65.0 Å². The summed E-state index contributed by atoms with van der Waals surface area (Å²) < 4.78 is 6.61. The van der Waals surface area contributed by atoms with Crippen LogP contribution >= 0.6 is 0 Å². The largest absolute Gasteiger partial charge is 0.383 e. The molecule has 4 heteroatoms. The maximum Gasteiger partial charge on any atom is 0.212 e. The lowest BCUT2D eigenvalue weighted by Gasteiger charge is -2.00. The molecule has 0 radical (unpaired) electrons. The zero-order valence-electron chi connectivity index (χ0n) is 6.32. The summed E-state index contributed by atoms with van der Waals surface area (Å²) in [5, 5.41) is 8.53. The van der Waals surface area contributed by atoms with Crippen LogP contribution in [-0.2, 0) is 11.3 Å². The molecule has 4 nitrogen and oxygen atoms in total. The molecule has 1 aromatic rings. The molecule has 0 fully saturated rings. The van der Waals surface area contributed by atoms with Crippen LogP contribution in [-0.4, -0.2) is 23.3 Å². The highest BCUT2D eigenvalue weighted by atomic mass is 16.5. The molecule has 0 amide bonds. The molecule has 0 aliphatic heterocycles. The highest BCUT2D eigenvalue weighted by Crippen LogP contribution is 1.94. The van der Waals surface area contributed by atoms with Crippen molar-refractivity contribution >= 4 is 0 Å². The van der Waals surface area contributed by atoms with Gasteiger partial charge in [-0.3, -0.25) is 0 Å². The van der Waals surface area contributed by atoms with Crippen LogP contribution < -0.4 is 0 Å². The lowest BCUT2D eigenvalue weighted by atomic mass is 10.6. The summed E-state index contributed by atoms with van der Waals surface area (Å²) in [5.74, 6) is 0.432. The van der Waals surface area contributed by atoms with Gasteiger partial charge in [-0.25, -0.2) is 4.98 Å². The molecular weight excluding hydrogens is 142 g/mol. The average Bonchev–Trinajstić information content (AvgIpc) is 2.47. The molecule has 58 valence electrons. The summed E-state index contributed by atoms with van der Waals surface area (Å²) in [6.07, 6.45) is 3.37. The molecule has 0 bridgehead atoms. The van der Waals surface area contributed by atoms with Crippen LogP contribution in [0.3, 0.4) is 0 Å². The van der Waals surface area contributed by atoms with Crippen molar-refractivity contribution in [1.29, 1.82) is 5.26 Å². The van der Waals surface area contributed by atoms with Crippen LogP contribution in [0.4, 0.5) is 0 Å². The fourth-order valence-electron chi connectivity index (χ4n) is 0.792. The molecule has 0 N–H and O–H groups in total. The van der Waals surface area contributed by atoms with Crippen LogP contribution in [0.25, 0.3) is 0 Å². The number of aromatic nitrogens is 2. The molecule has 0 saturated heterocycles. The third-order valence-electron chi connectivity index (χ3n) is 1.35. The SMILES string of the molecule is COCCn1ccnc1C#N. The number of hydrogen-bond acceptors (Lipinski definition) is 3. The Bertz CT molecular complexity index is 261. The zero-order valence-corrected chi connectivity index (χ0v) is 6.32. The van der Waals surface area contributed by atoms with E-state index >= 15 is 0 Å². The third-order valence-corrected chi connectivity index (χ3v) is 1.35. The zero-order chi connectivity index (χ0) is 8.10. The minimum Gasteiger partial charge on any atom is -0.383 e. The Morgan fingerprint density at radius 3 is 3.27 bits per heavy atom. The molecule has 0 aromatic carbocycles. The summed E-state index contributed by atoms with van der Waals surface area (Å²) in [5.41, 5.74) is 0.